The van der Waals surface area contributed by atoms with Crippen LogP contribution in [0.15, 0.2) is 0 Å². The highest BCUT2D eigenvalue weighted by Crippen LogP contribution is 2.59. The fourth-order valence-corrected chi connectivity index (χ4v) is 11.1. The van der Waals surface area contributed by atoms with Gasteiger partial charge in [0.15, 0.2) is 7.83 Å². The van der Waals surface area contributed by atoms with Crippen LogP contribution < -0.4 is 0 Å². The molecule has 0 aliphatic carbocycles. The Balaban J connectivity index is 3.28. The second-order valence-corrected chi connectivity index (χ2v) is 25.5. The third kappa shape index (κ3) is 3.00. The molecule has 0 N–H and O–H groups in total. The molecule has 0 amide bonds. The summed E-state index contributed by atoms with van der Waals surface area (Å²) in [4.78, 5) is 0. The lowest BCUT2D eigenvalue weighted by atomic mass is 10.1. The van der Waals surface area contributed by atoms with E-state index in [0.717, 1.165) is 6.04 Å². The van der Waals surface area contributed by atoms with Gasteiger partial charge in [0.25, 0.3) is 0 Å². The van der Waals surface area contributed by atoms with E-state index < -0.39 is 28.6 Å². The van der Waals surface area contributed by atoms with Crippen molar-refractivity contribution in [2.45, 2.75) is 51.8 Å². The molecule has 0 bridgehead atoms. The largest absolute Gasteiger partial charge is 0.407 e. The highest BCUT2D eigenvalue weighted by molar-refractivity contribution is 7.38. The van der Waals surface area contributed by atoms with Crippen LogP contribution in [0.4, 0.5) is 0 Å². The predicted molar refractivity (Wildman–Crippen MR) is 88.8 cm³/mol. The molecule has 1 aliphatic heterocycles. The van der Waals surface area contributed by atoms with Crippen LogP contribution in [0.2, 0.25) is 32.2 Å². The van der Waals surface area contributed by atoms with Crippen LogP contribution in [0.25, 0.3) is 0 Å². The number of halogens is 6. The predicted octanol–water partition coefficient (Wildman–Crippen LogP) is 5.88. The van der Waals surface area contributed by atoms with Crippen molar-refractivity contribution in [3.05, 3.63) is 0 Å². The third-order valence-corrected chi connectivity index (χ3v) is 22.4. The zero-order valence-corrected chi connectivity index (χ0v) is 17.1. The molecule has 18 heavy (non-hydrogen) atoms. The molecule has 0 saturated carbocycles. The molecular weight excluding hydrogens is 393 g/mol. The van der Waals surface area contributed by atoms with E-state index in [9.17, 15) is 0 Å². The van der Waals surface area contributed by atoms with Crippen molar-refractivity contribution >= 4 is 85.0 Å². The topological polar surface area (TPSA) is 9.23 Å². The van der Waals surface area contributed by atoms with Crippen molar-refractivity contribution in [1.82, 2.24) is 0 Å². The molecule has 1 rings (SSSR count). The first kappa shape index (κ1) is 18.2. The van der Waals surface area contributed by atoms with Gasteiger partial charge in [-0.05, 0) is 19.5 Å². The van der Waals surface area contributed by atoms with Crippen LogP contribution in [-0.4, -0.2) is 28.6 Å². The van der Waals surface area contributed by atoms with E-state index in [0.29, 0.717) is 6.42 Å². The summed E-state index contributed by atoms with van der Waals surface area (Å²) < 4.78 is 2.67. The molecular formula is C9H16Cl6OSi2. The van der Waals surface area contributed by atoms with Crippen molar-refractivity contribution in [1.29, 1.82) is 0 Å². The maximum Gasteiger partial charge on any atom is 0.222 e. The minimum Gasteiger partial charge on any atom is -0.407 e. The van der Waals surface area contributed by atoms with Gasteiger partial charge in [0, 0.05) is 0 Å². The van der Waals surface area contributed by atoms with Gasteiger partial charge in [-0.2, -0.15) is 0 Å². The zero-order valence-electron chi connectivity index (χ0n) is 10.6. The fourth-order valence-electron chi connectivity index (χ4n) is 1.97. The summed E-state index contributed by atoms with van der Waals surface area (Å²) in [7, 11) is -3.54. The molecule has 0 atom stereocenters. The molecule has 0 unspecified atom stereocenters. The molecule has 108 valence electrons. The zero-order chi connectivity index (χ0) is 14.6. The minimum absolute atomic E-state index is 0.454. The van der Waals surface area contributed by atoms with Crippen molar-refractivity contribution in [3.8, 4) is 0 Å². The minimum atomic E-state index is -2.04. The van der Waals surface area contributed by atoms with Gasteiger partial charge >= 0.3 is 0 Å². The van der Waals surface area contributed by atoms with Crippen LogP contribution in [0.1, 0.15) is 6.42 Å². The van der Waals surface area contributed by atoms with E-state index in [-0.39, 0.29) is 0 Å². The molecule has 0 aromatic rings. The van der Waals surface area contributed by atoms with E-state index in [2.05, 4.69) is 26.2 Å². The van der Waals surface area contributed by atoms with Crippen LogP contribution >= 0.6 is 69.6 Å². The van der Waals surface area contributed by atoms with Gasteiger partial charge in [0.1, 0.15) is 5.60 Å². The van der Waals surface area contributed by atoms with E-state index in [1.165, 1.54) is 0 Å². The Morgan fingerprint density at radius 1 is 0.889 bits per heavy atom. The molecule has 0 spiro atoms. The average molecular weight is 409 g/mol. The van der Waals surface area contributed by atoms with Gasteiger partial charge in [-0.25, -0.2) is 0 Å². The first-order chi connectivity index (χ1) is 7.66. The van der Waals surface area contributed by atoms with E-state index in [1.54, 1.807) is 0 Å². The van der Waals surface area contributed by atoms with Crippen LogP contribution in [0.5, 0.6) is 0 Å². The summed E-state index contributed by atoms with van der Waals surface area (Å²) in [5.41, 5.74) is -1.37. The second kappa shape index (κ2) is 5.10. The Bertz CT molecular complexity index is 319. The second-order valence-electron chi connectivity index (χ2n) is 5.82. The van der Waals surface area contributed by atoms with Crippen molar-refractivity contribution in [2.24, 2.45) is 0 Å². The van der Waals surface area contributed by atoms with Crippen molar-refractivity contribution < 1.29 is 4.43 Å². The number of alkyl halides is 6. The van der Waals surface area contributed by atoms with Gasteiger partial charge in [0.05, 0.1) is 7.59 Å². The molecule has 1 fully saturated rings. The number of hydrogen-bond acceptors (Lipinski definition) is 1. The van der Waals surface area contributed by atoms with Gasteiger partial charge in [-0.15, -0.1) is 0 Å². The lowest BCUT2D eigenvalue weighted by Gasteiger charge is -2.56. The number of rotatable bonds is 0. The van der Waals surface area contributed by atoms with Gasteiger partial charge in [-0.3, -0.25) is 0 Å². The molecule has 1 heterocycles. The van der Waals surface area contributed by atoms with Gasteiger partial charge < -0.3 is 4.43 Å². The van der Waals surface area contributed by atoms with Crippen molar-refractivity contribution in [3.63, 3.8) is 0 Å². The Hall–Kier alpha value is 2.13. The van der Waals surface area contributed by atoms with Gasteiger partial charge in [0.2, 0.25) is 7.59 Å². The molecule has 9 heteroatoms. The number of hydrogen-bond donors (Lipinski definition) is 0. The quantitative estimate of drug-likeness (QED) is 0.359. The van der Waals surface area contributed by atoms with Crippen molar-refractivity contribution in [2.75, 3.05) is 0 Å². The molecule has 0 aromatic heterocycles. The maximum absolute atomic E-state index is 6.21. The third-order valence-electron chi connectivity index (χ3n) is 4.08. The Morgan fingerprint density at radius 3 is 1.56 bits per heavy atom. The monoisotopic (exact) mass is 406 g/mol. The fraction of sp³-hybridized carbons (Fsp3) is 1.00. The first-order valence-corrected chi connectivity index (χ1v) is 14.9. The molecule has 0 aromatic carbocycles. The molecule has 1 nitrogen and oxygen atoms in total. The van der Waals surface area contributed by atoms with E-state index in [1.807, 2.05) is 0 Å². The summed E-state index contributed by atoms with van der Waals surface area (Å²) in [5.74, 6) is 0. The lowest BCUT2D eigenvalue weighted by Crippen LogP contribution is -2.71. The summed E-state index contributed by atoms with van der Waals surface area (Å²) in [5, 5.41) is 0. The standard InChI is InChI=1S/C9H16Cl6OSi2/c1-17(2)6-5-7(8(10,11)12,9(13,14)15)16-18(17,3)4/h5-6H2,1-4H3. The Labute approximate surface area is 140 Å². The van der Waals surface area contributed by atoms with E-state index in [4.69, 9.17) is 74.0 Å². The normalized spacial score (nSPS) is 27.0. The Morgan fingerprint density at radius 2 is 1.28 bits per heavy atom. The Kier molecular flexibility index (Phi) is 5.15. The summed E-state index contributed by atoms with van der Waals surface area (Å²) >= 11 is 36.4. The van der Waals surface area contributed by atoms with E-state index >= 15 is 0 Å². The van der Waals surface area contributed by atoms with Crippen LogP contribution in [0, 0.1) is 0 Å². The highest BCUT2D eigenvalue weighted by atomic mass is 35.6. The SMILES string of the molecule is C[Si]1(C)CCC(C(Cl)(Cl)Cl)(C(Cl)(Cl)Cl)O[Si]1(C)C. The first-order valence-electron chi connectivity index (χ1n) is 5.50. The molecule has 1 aliphatic rings. The lowest BCUT2D eigenvalue weighted by molar-refractivity contribution is 0.0606. The van der Waals surface area contributed by atoms with Crippen LogP contribution in [-0.2, 0) is 4.43 Å². The smallest absolute Gasteiger partial charge is 0.222 e. The highest BCUT2D eigenvalue weighted by Gasteiger charge is 2.68. The molecule has 0 radical (unpaired) electrons. The molecule has 1 saturated heterocycles. The summed E-state index contributed by atoms with van der Waals surface area (Å²) in [6.07, 6.45) is 0.454. The average Bonchev–Trinajstić information content (AvgIpc) is 2.05. The maximum atomic E-state index is 6.21. The summed E-state index contributed by atoms with van der Waals surface area (Å²) in [6, 6.07) is 0.925. The summed E-state index contributed by atoms with van der Waals surface area (Å²) in [6.45, 7) is 8.78. The van der Waals surface area contributed by atoms with Crippen LogP contribution in [0.3, 0.4) is 0 Å². The van der Waals surface area contributed by atoms with Gasteiger partial charge in [-0.1, -0.05) is 88.7 Å².